The molecule has 1 heterocycles. The summed E-state index contributed by atoms with van der Waals surface area (Å²) in [7, 11) is 1.61. The molecule has 2 aromatic carbocycles. The fraction of sp³-hybridized carbons (Fsp3) is 0.235. The molecule has 0 aliphatic carbocycles. The maximum atomic E-state index is 12.2. The fourth-order valence-corrected chi connectivity index (χ4v) is 2.61. The second-order valence-electron chi connectivity index (χ2n) is 5.15. The number of fused-ring (bicyclic) bond motifs is 1. The highest BCUT2D eigenvalue weighted by molar-refractivity contribution is 5.83. The summed E-state index contributed by atoms with van der Waals surface area (Å²) >= 11 is 0. The molecule has 4 nitrogen and oxygen atoms in total. The molecule has 1 atom stereocenters. The van der Waals surface area contributed by atoms with Crippen LogP contribution in [0.5, 0.6) is 17.2 Å². The van der Waals surface area contributed by atoms with Gasteiger partial charge in [0.1, 0.15) is 17.2 Å². The van der Waals surface area contributed by atoms with Gasteiger partial charge in [-0.3, -0.25) is 4.79 Å². The third-order valence-electron chi connectivity index (χ3n) is 3.89. The lowest BCUT2D eigenvalue weighted by Crippen LogP contribution is -2.26. The van der Waals surface area contributed by atoms with E-state index in [1.807, 2.05) is 24.3 Å². The van der Waals surface area contributed by atoms with E-state index >= 15 is 0 Å². The van der Waals surface area contributed by atoms with Crippen LogP contribution in [-0.2, 0) is 11.2 Å². The number of aromatic hydroxyl groups is 1. The van der Waals surface area contributed by atoms with Gasteiger partial charge in [0.05, 0.1) is 13.0 Å². The van der Waals surface area contributed by atoms with Crippen LogP contribution in [0, 0.1) is 6.92 Å². The number of carbonyl (C=O) groups is 1. The first-order valence-corrected chi connectivity index (χ1v) is 6.77. The first kappa shape index (κ1) is 13.5. The Bertz CT molecular complexity index is 689. The quantitative estimate of drug-likeness (QED) is 0.680. The highest BCUT2D eigenvalue weighted by Gasteiger charge is 2.31. The average Bonchev–Trinajstić information content (AvgIpc) is 2.51. The number of hydrogen-bond donors (Lipinski definition) is 1. The first-order chi connectivity index (χ1) is 10.1. The van der Waals surface area contributed by atoms with Gasteiger partial charge in [0.25, 0.3) is 0 Å². The fourth-order valence-electron chi connectivity index (χ4n) is 2.61. The van der Waals surface area contributed by atoms with Gasteiger partial charge < -0.3 is 14.6 Å². The molecule has 0 radical (unpaired) electrons. The summed E-state index contributed by atoms with van der Waals surface area (Å²) in [5.74, 6) is 0.770. The minimum atomic E-state index is -0.327. The topological polar surface area (TPSA) is 55.8 Å². The zero-order valence-corrected chi connectivity index (χ0v) is 11.9. The van der Waals surface area contributed by atoms with Crippen molar-refractivity contribution >= 4 is 5.97 Å². The van der Waals surface area contributed by atoms with Crippen LogP contribution in [0.2, 0.25) is 0 Å². The van der Waals surface area contributed by atoms with E-state index in [-0.39, 0.29) is 17.6 Å². The molecule has 0 fully saturated rings. The number of phenolic OH excluding ortho intramolecular Hbond substituents is 1. The van der Waals surface area contributed by atoms with Crippen molar-refractivity contribution in [3.63, 3.8) is 0 Å². The molecule has 0 saturated carbocycles. The van der Waals surface area contributed by atoms with Crippen molar-refractivity contribution in [2.45, 2.75) is 19.3 Å². The summed E-state index contributed by atoms with van der Waals surface area (Å²) in [5.41, 5.74) is 2.44. The molecule has 0 spiro atoms. The van der Waals surface area contributed by atoms with Crippen LogP contribution in [0.3, 0.4) is 0 Å². The summed E-state index contributed by atoms with van der Waals surface area (Å²) in [6.45, 7) is 1.75. The Morgan fingerprint density at radius 3 is 2.57 bits per heavy atom. The number of methoxy groups -OCH3 is 1. The van der Waals surface area contributed by atoms with Crippen LogP contribution in [0.1, 0.15) is 22.6 Å². The van der Waals surface area contributed by atoms with Crippen molar-refractivity contribution in [3.05, 3.63) is 53.1 Å². The number of hydrogen-bond acceptors (Lipinski definition) is 4. The highest BCUT2D eigenvalue weighted by atomic mass is 16.5. The summed E-state index contributed by atoms with van der Waals surface area (Å²) in [6, 6.07) is 10.9. The molecule has 0 aromatic heterocycles. The Morgan fingerprint density at radius 2 is 1.90 bits per heavy atom. The van der Waals surface area contributed by atoms with Gasteiger partial charge in [-0.1, -0.05) is 18.2 Å². The zero-order valence-electron chi connectivity index (χ0n) is 11.9. The van der Waals surface area contributed by atoms with Crippen LogP contribution in [0.25, 0.3) is 0 Å². The molecular formula is C17H16O4. The Morgan fingerprint density at radius 1 is 1.19 bits per heavy atom. The standard InChI is InChI=1S/C17H16O4/c1-10-15(18)8-5-12-9-14(17(19)21-16(10)12)11-3-6-13(20-2)7-4-11/h3-8,14,18H,9H2,1-2H3. The minimum absolute atomic E-state index is 0.143. The molecule has 108 valence electrons. The number of ether oxygens (including phenoxy) is 2. The molecule has 2 aromatic rings. The first-order valence-electron chi connectivity index (χ1n) is 6.77. The summed E-state index contributed by atoms with van der Waals surface area (Å²) in [5, 5.41) is 9.70. The van der Waals surface area contributed by atoms with Gasteiger partial charge in [-0.05, 0) is 42.7 Å². The van der Waals surface area contributed by atoms with E-state index in [9.17, 15) is 9.90 Å². The SMILES string of the molecule is COc1ccc(C2Cc3ccc(O)c(C)c3OC2=O)cc1. The predicted octanol–water partition coefficient (Wildman–Crippen LogP) is 2.95. The molecule has 0 bridgehead atoms. The van der Waals surface area contributed by atoms with Crippen LogP contribution in [0.4, 0.5) is 0 Å². The van der Waals surface area contributed by atoms with Gasteiger partial charge in [0, 0.05) is 5.56 Å². The normalized spacial score (nSPS) is 17.0. The van der Waals surface area contributed by atoms with Gasteiger partial charge in [-0.2, -0.15) is 0 Å². The molecule has 1 N–H and O–H groups in total. The van der Waals surface area contributed by atoms with Crippen molar-refractivity contribution in [1.82, 2.24) is 0 Å². The monoisotopic (exact) mass is 284 g/mol. The third-order valence-corrected chi connectivity index (χ3v) is 3.89. The van der Waals surface area contributed by atoms with E-state index in [1.54, 1.807) is 26.2 Å². The second-order valence-corrected chi connectivity index (χ2v) is 5.15. The van der Waals surface area contributed by atoms with Crippen molar-refractivity contribution in [3.8, 4) is 17.2 Å². The summed E-state index contributed by atoms with van der Waals surface area (Å²) in [4.78, 5) is 12.2. The zero-order chi connectivity index (χ0) is 15.0. The van der Waals surface area contributed by atoms with Crippen molar-refractivity contribution in [2.75, 3.05) is 7.11 Å². The minimum Gasteiger partial charge on any atom is -0.508 e. The van der Waals surface area contributed by atoms with Crippen molar-refractivity contribution in [2.24, 2.45) is 0 Å². The maximum absolute atomic E-state index is 12.2. The van der Waals surface area contributed by atoms with Gasteiger partial charge in [0.15, 0.2) is 0 Å². The van der Waals surface area contributed by atoms with Crippen LogP contribution < -0.4 is 9.47 Å². The molecule has 21 heavy (non-hydrogen) atoms. The van der Waals surface area contributed by atoms with Gasteiger partial charge in [0.2, 0.25) is 0 Å². The Hall–Kier alpha value is -2.49. The van der Waals surface area contributed by atoms with E-state index in [0.717, 1.165) is 16.9 Å². The van der Waals surface area contributed by atoms with Crippen molar-refractivity contribution in [1.29, 1.82) is 0 Å². The van der Waals surface area contributed by atoms with E-state index in [4.69, 9.17) is 9.47 Å². The van der Waals surface area contributed by atoms with Gasteiger partial charge in [-0.15, -0.1) is 0 Å². The number of benzene rings is 2. The highest BCUT2D eigenvalue weighted by Crippen LogP contribution is 2.38. The number of rotatable bonds is 2. The summed E-state index contributed by atoms with van der Waals surface area (Å²) < 4.78 is 10.6. The van der Waals surface area contributed by atoms with Crippen LogP contribution >= 0.6 is 0 Å². The van der Waals surface area contributed by atoms with Crippen molar-refractivity contribution < 1.29 is 19.4 Å². The van der Waals surface area contributed by atoms with Gasteiger partial charge >= 0.3 is 5.97 Å². The molecule has 0 saturated heterocycles. The average molecular weight is 284 g/mol. The lowest BCUT2D eigenvalue weighted by Gasteiger charge is -2.25. The molecule has 1 unspecified atom stereocenters. The smallest absolute Gasteiger partial charge is 0.319 e. The van der Waals surface area contributed by atoms with E-state index in [0.29, 0.717) is 17.7 Å². The van der Waals surface area contributed by atoms with Crippen LogP contribution in [0.15, 0.2) is 36.4 Å². The molecular weight excluding hydrogens is 268 g/mol. The molecule has 1 aliphatic heterocycles. The number of esters is 1. The number of carbonyl (C=O) groups excluding carboxylic acids is 1. The van der Waals surface area contributed by atoms with E-state index < -0.39 is 0 Å². The lowest BCUT2D eigenvalue weighted by atomic mass is 9.88. The molecule has 4 heteroatoms. The number of phenols is 1. The predicted molar refractivity (Wildman–Crippen MR) is 77.9 cm³/mol. The van der Waals surface area contributed by atoms with Crippen LogP contribution in [-0.4, -0.2) is 18.2 Å². The Labute approximate surface area is 122 Å². The Balaban J connectivity index is 1.95. The third kappa shape index (κ3) is 2.33. The second kappa shape index (κ2) is 5.13. The molecule has 3 rings (SSSR count). The van der Waals surface area contributed by atoms with Gasteiger partial charge in [-0.25, -0.2) is 0 Å². The largest absolute Gasteiger partial charge is 0.508 e. The van der Waals surface area contributed by atoms with E-state index in [2.05, 4.69) is 0 Å². The molecule has 1 aliphatic rings. The summed E-state index contributed by atoms with van der Waals surface area (Å²) in [6.07, 6.45) is 0.571. The molecule has 0 amide bonds. The lowest BCUT2D eigenvalue weighted by molar-refractivity contribution is -0.137. The maximum Gasteiger partial charge on any atom is 0.319 e. The Kier molecular flexibility index (Phi) is 3.29. The van der Waals surface area contributed by atoms with E-state index in [1.165, 1.54) is 0 Å².